The van der Waals surface area contributed by atoms with E-state index >= 15 is 0 Å². The number of benzene rings is 14. The second kappa shape index (κ2) is 18.6. The molecular weight excluding hydrogens is 907 g/mol. The van der Waals surface area contributed by atoms with E-state index in [2.05, 4.69) is 312 Å². The van der Waals surface area contributed by atoms with Crippen molar-refractivity contribution < 1.29 is 0 Å². The second-order valence-electron chi connectivity index (χ2n) is 19.3. The molecule has 0 unspecified atom stereocenters. The third-order valence-corrected chi connectivity index (χ3v) is 14.9. The molecule has 0 aliphatic carbocycles. The molecule has 0 fully saturated rings. The molecule has 0 aromatic heterocycles. The van der Waals surface area contributed by atoms with E-state index in [-0.39, 0.29) is 0 Å². The van der Waals surface area contributed by atoms with Gasteiger partial charge in [-0.2, -0.15) is 0 Å². The zero-order chi connectivity index (χ0) is 49.7. The van der Waals surface area contributed by atoms with E-state index in [1.54, 1.807) is 0 Å². The summed E-state index contributed by atoms with van der Waals surface area (Å²) in [5, 5.41) is 14.5. The molecule has 14 aromatic rings. The Balaban J connectivity index is 1.02. The highest BCUT2D eigenvalue weighted by atomic mass is 15.2. The van der Waals surface area contributed by atoms with Gasteiger partial charge in [0.15, 0.2) is 0 Å². The first kappa shape index (κ1) is 43.8. The van der Waals surface area contributed by atoms with E-state index in [4.69, 9.17) is 0 Å². The Morgan fingerprint density at radius 2 is 0.427 bits per heavy atom. The highest BCUT2D eigenvalue weighted by molar-refractivity contribution is 6.17. The molecule has 0 saturated carbocycles. The molecular formula is C72H49N3. The molecule has 0 aliphatic rings. The monoisotopic (exact) mass is 955 g/mol. The maximum atomic E-state index is 2.46. The van der Waals surface area contributed by atoms with Crippen molar-refractivity contribution >= 4 is 116 Å². The first-order valence-electron chi connectivity index (χ1n) is 25.7. The number of anilines is 9. The van der Waals surface area contributed by atoms with Crippen molar-refractivity contribution in [1.29, 1.82) is 0 Å². The number of para-hydroxylation sites is 3. The van der Waals surface area contributed by atoms with E-state index < -0.39 is 0 Å². The van der Waals surface area contributed by atoms with Crippen molar-refractivity contribution in [3.8, 4) is 11.1 Å². The molecule has 0 N–H and O–H groups in total. The molecule has 0 bridgehead atoms. The maximum absolute atomic E-state index is 2.46. The first-order valence-corrected chi connectivity index (χ1v) is 25.7. The van der Waals surface area contributed by atoms with Gasteiger partial charge >= 0.3 is 0 Å². The average Bonchev–Trinajstić information content (AvgIpc) is 3.50. The summed E-state index contributed by atoms with van der Waals surface area (Å²) >= 11 is 0. The van der Waals surface area contributed by atoms with Gasteiger partial charge in [0.1, 0.15) is 0 Å². The zero-order valence-electron chi connectivity index (χ0n) is 41.1. The van der Waals surface area contributed by atoms with E-state index in [0.717, 1.165) is 62.3 Å². The SMILES string of the molecule is c1ccc(N(c2ccc(-c3cc(N(c4ccccc4)c4cc5ccccc5c5ccccc45)cc(N(c4ccccc4)c4cc5ccccc5c5ccccc45)c3)cc2)c2cc3ccccc3c3ccccc23)cc1. The Morgan fingerprint density at radius 3 is 0.773 bits per heavy atom. The fourth-order valence-corrected chi connectivity index (χ4v) is 11.5. The van der Waals surface area contributed by atoms with Crippen LogP contribution in [0.15, 0.2) is 297 Å². The molecule has 0 aliphatic heterocycles. The molecule has 3 heteroatoms. The Bertz CT molecular complexity index is 4240. The number of fused-ring (bicyclic) bond motifs is 9. The van der Waals surface area contributed by atoms with Crippen LogP contribution in [0.1, 0.15) is 0 Å². The molecule has 14 rings (SSSR count). The minimum absolute atomic E-state index is 1.04. The average molecular weight is 956 g/mol. The molecule has 0 saturated heterocycles. The number of hydrogen-bond donors (Lipinski definition) is 0. The van der Waals surface area contributed by atoms with Gasteiger partial charge in [0.05, 0.1) is 17.1 Å². The van der Waals surface area contributed by atoms with Gasteiger partial charge in [-0.1, -0.05) is 212 Å². The van der Waals surface area contributed by atoms with Crippen LogP contribution in [0.25, 0.3) is 75.8 Å². The van der Waals surface area contributed by atoms with E-state index in [1.165, 1.54) is 64.6 Å². The van der Waals surface area contributed by atoms with Crippen molar-refractivity contribution in [2.45, 2.75) is 0 Å². The highest BCUT2D eigenvalue weighted by Gasteiger charge is 2.24. The number of hydrogen-bond acceptors (Lipinski definition) is 3. The van der Waals surface area contributed by atoms with Crippen LogP contribution in [0.5, 0.6) is 0 Å². The predicted molar refractivity (Wildman–Crippen MR) is 321 cm³/mol. The summed E-state index contributed by atoms with van der Waals surface area (Å²) < 4.78 is 0. The van der Waals surface area contributed by atoms with Crippen LogP contribution in [0.4, 0.5) is 51.2 Å². The summed E-state index contributed by atoms with van der Waals surface area (Å²) in [5.41, 5.74) is 11.9. The van der Waals surface area contributed by atoms with Crippen molar-refractivity contribution in [3.63, 3.8) is 0 Å². The quantitative estimate of drug-likeness (QED) is 0.127. The maximum Gasteiger partial charge on any atom is 0.0546 e. The van der Waals surface area contributed by atoms with Crippen LogP contribution in [0.2, 0.25) is 0 Å². The fourth-order valence-electron chi connectivity index (χ4n) is 11.5. The summed E-state index contributed by atoms with van der Waals surface area (Å²) in [4.78, 5) is 7.32. The number of rotatable bonds is 10. The van der Waals surface area contributed by atoms with Crippen molar-refractivity contribution in [1.82, 2.24) is 0 Å². The summed E-state index contributed by atoms with van der Waals surface area (Å²) in [6, 6.07) is 109. The van der Waals surface area contributed by atoms with Crippen LogP contribution >= 0.6 is 0 Å². The third-order valence-electron chi connectivity index (χ3n) is 14.9. The third kappa shape index (κ3) is 7.78. The summed E-state index contributed by atoms with van der Waals surface area (Å²) in [6.45, 7) is 0. The minimum Gasteiger partial charge on any atom is -0.310 e. The van der Waals surface area contributed by atoms with Gasteiger partial charge < -0.3 is 14.7 Å². The molecule has 0 heterocycles. The lowest BCUT2D eigenvalue weighted by Crippen LogP contribution is -2.14. The van der Waals surface area contributed by atoms with Crippen LogP contribution < -0.4 is 14.7 Å². The summed E-state index contributed by atoms with van der Waals surface area (Å²) in [6.07, 6.45) is 0. The molecule has 0 spiro atoms. The summed E-state index contributed by atoms with van der Waals surface area (Å²) in [7, 11) is 0. The second-order valence-corrected chi connectivity index (χ2v) is 19.3. The van der Waals surface area contributed by atoms with E-state index in [9.17, 15) is 0 Å². The van der Waals surface area contributed by atoms with Crippen LogP contribution in [0.3, 0.4) is 0 Å². The van der Waals surface area contributed by atoms with Crippen LogP contribution in [0, 0.1) is 0 Å². The standard InChI is InChI=1S/C72H49N3/c1-4-25-55(26-5-1)73(70-46-51-22-10-13-31-61(51)64-34-16-19-37-67(64)70)58-42-40-50(41-43-58)54-44-59(74(56-27-6-2-7-28-56)71-47-52-23-11-14-32-62(52)65-35-17-20-38-68(65)71)49-60(45-54)75(57-29-8-3-9-30-57)72-48-53-24-12-15-33-63(53)66-36-18-21-39-69(66)72/h1-49H. The van der Waals surface area contributed by atoms with Gasteiger partial charge in [-0.05, 0) is 145 Å². The Labute approximate surface area is 436 Å². The highest BCUT2D eigenvalue weighted by Crippen LogP contribution is 2.49. The minimum atomic E-state index is 1.04. The van der Waals surface area contributed by atoms with Gasteiger partial charge in [-0.3, -0.25) is 0 Å². The Morgan fingerprint density at radius 1 is 0.160 bits per heavy atom. The first-order chi connectivity index (χ1) is 37.2. The van der Waals surface area contributed by atoms with Gasteiger partial charge in [0, 0.05) is 50.3 Å². The molecule has 3 nitrogen and oxygen atoms in total. The molecule has 75 heavy (non-hydrogen) atoms. The fraction of sp³-hybridized carbons (Fsp3) is 0. The normalized spacial score (nSPS) is 11.5. The predicted octanol–water partition coefficient (Wildman–Crippen LogP) is 20.7. The molecule has 0 amide bonds. The van der Waals surface area contributed by atoms with Crippen LogP contribution in [-0.2, 0) is 0 Å². The lowest BCUT2D eigenvalue weighted by molar-refractivity contribution is 1.26. The molecule has 352 valence electrons. The number of nitrogens with zero attached hydrogens (tertiary/aromatic N) is 3. The lowest BCUT2D eigenvalue weighted by atomic mass is 9.97. The Hall–Kier alpha value is -9.96. The topological polar surface area (TPSA) is 9.72 Å². The molecule has 14 aromatic carbocycles. The van der Waals surface area contributed by atoms with Gasteiger partial charge in [0.2, 0.25) is 0 Å². The van der Waals surface area contributed by atoms with E-state index in [1.807, 2.05) is 0 Å². The van der Waals surface area contributed by atoms with Crippen LogP contribution in [-0.4, -0.2) is 0 Å². The summed E-state index contributed by atoms with van der Waals surface area (Å²) in [5.74, 6) is 0. The largest absolute Gasteiger partial charge is 0.310 e. The van der Waals surface area contributed by atoms with Gasteiger partial charge in [-0.15, -0.1) is 0 Å². The Kier molecular flexibility index (Phi) is 10.8. The van der Waals surface area contributed by atoms with Gasteiger partial charge in [-0.25, -0.2) is 0 Å². The molecule has 0 radical (unpaired) electrons. The lowest BCUT2D eigenvalue weighted by Gasteiger charge is -2.32. The van der Waals surface area contributed by atoms with Crippen molar-refractivity contribution in [2.24, 2.45) is 0 Å². The van der Waals surface area contributed by atoms with Crippen molar-refractivity contribution in [2.75, 3.05) is 14.7 Å². The van der Waals surface area contributed by atoms with Crippen molar-refractivity contribution in [3.05, 3.63) is 297 Å². The van der Waals surface area contributed by atoms with E-state index in [0.29, 0.717) is 0 Å². The zero-order valence-corrected chi connectivity index (χ0v) is 41.1. The smallest absolute Gasteiger partial charge is 0.0546 e. The van der Waals surface area contributed by atoms with Gasteiger partial charge in [0.25, 0.3) is 0 Å². The molecule has 0 atom stereocenters.